The zero-order chi connectivity index (χ0) is 15.8. The third-order valence-corrected chi connectivity index (χ3v) is 4.80. The number of nitriles is 1. The van der Waals surface area contributed by atoms with E-state index in [1.807, 2.05) is 42.5 Å². The number of para-hydroxylation sites is 2. The van der Waals surface area contributed by atoms with Crippen molar-refractivity contribution in [1.82, 2.24) is 4.98 Å². The summed E-state index contributed by atoms with van der Waals surface area (Å²) < 4.78 is 6.38. The van der Waals surface area contributed by atoms with Gasteiger partial charge in [0.05, 0.1) is 21.8 Å². The lowest BCUT2D eigenvalue weighted by molar-refractivity contribution is 0.0979. The number of hydrogen-bond acceptors (Lipinski definition) is 5. The highest BCUT2D eigenvalue weighted by atomic mass is 32.1. The van der Waals surface area contributed by atoms with E-state index in [-0.39, 0.29) is 5.78 Å². The third-order valence-electron chi connectivity index (χ3n) is 3.70. The summed E-state index contributed by atoms with van der Waals surface area (Å²) in [5.74, 6) is -1.20. The number of Topliss-reactive ketones (excluding diaryl/α,β-unsaturated/α-hetero) is 1. The molecule has 4 nitrogen and oxygen atoms in total. The molecule has 0 saturated heterocycles. The van der Waals surface area contributed by atoms with Crippen LogP contribution in [-0.2, 0) is 0 Å². The third kappa shape index (κ3) is 2.20. The predicted molar refractivity (Wildman–Crippen MR) is 88.5 cm³/mol. The molecule has 4 aromatic rings. The Morgan fingerprint density at radius 2 is 1.96 bits per heavy atom. The molecule has 2 aromatic carbocycles. The quantitative estimate of drug-likeness (QED) is 0.520. The summed E-state index contributed by atoms with van der Waals surface area (Å²) in [7, 11) is 0. The number of furan rings is 1. The Balaban J connectivity index is 1.80. The SMILES string of the molecule is N#C[C@H](C(=O)c1coc2ccccc12)c1nc2ccccc2s1. The standard InChI is InChI=1S/C18H10N2O2S/c19-9-12(18-20-14-6-2-4-8-16(14)23-18)17(21)13-10-22-15-7-3-1-5-11(13)15/h1-8,10,12H/t12-/m1/s1. The van der Waals surface area contributed by atoms with Gasteiger partial charge in [-0.2, -0.15) is 5.26 Å². The lowest BCUT2D eigenvalue weighted by atomic mass is 9.99. The lowest BCUT2D eigenvalue weighted by Crippen LogP contribution is -2.10. The molecule has 1 atom stereocenters. The first-order valence-corrected chi connectivity index (χ1v) is 7.85. The predicted octanol–water partition coefficient (Wildman–Crippen LogP) is 4.53. The first kappa shape index (κ1) is 13.7. The molecule has 23 heavy (non-hydrogen) atoms. The van der Waals surface area contributed by atoms with E-state index >= 15 is 0 Å². The smallest absolute Gasteiger partial charge is 0.190 e. The monoisotopic (exact) mass is 318 g/mol. The molecule has 0 N–H and O–H groups in total. The number of carbonyl (C=O) groups is 1. The van der Waals surface area contributed by atoms with E-state index in [2.05, 4.69) is 11.1 Å². The zero-order valence-electron chi connectivity index (χ0n) is 11.9. The topological polar surface area (TPSA) is 66.9 Å². The molecule has 0 radical (unpaired) electrons. The van der Waals surface area contributed by atoms with Crippen molar-refractivity contribution >= 4 is 38.3 Å². The number of carbonyl (C=O) groups excluding carboxylic acids is 1. The van der Waals surface area contributed by atoms with Crippen molar-refractivity contribution in [3.63, 3.8) is 0 Å². The Morgan fingerprint density at radius 1 is 1.17 bits per heavy atom. The minimum absolute atomic E-state index is 0.281. The van der Waals surface area contributed by atoms with Gasteiger partial charge >= 0.3 is 0 Å². The van der Waals surface area contributed by atoms with E-state index in [4.69, 9.17) is 4.42 Å². The van der Waals surface area contributed by atoms with Crippen molar-refractivity contribution in [3.8, 4) is 6.07 Å². The van der Waals surface area contributed by atoms with Gasteiger partial charge in [0, 0.05) is 5.39 Å². The molecule has 0 aliphatic heterocycles. The van der Waals surface area contributed by atoms with Crippen LogP contribution in [-0.4, -0.2) is 10.8 Å². The van der Waals surface area contributed by atoms with Crippen molar-refractivity contribution in [2.45, 2.75) is 5.92 Å². The van der Waals surface area contributed by atoms with Crippen LogP contribution >= 0.6 is 11.3 Å². The number of fused-ring (bicyclic) bond motifs is 2. The number of benzene rings is 2. The summed E-state index contributed by atoms with van der Waals surface area (Å²) in [6, 6.07) is 17.0. The highest BCUT2D eigenvalue weighted by Gasteiger charge is 2.27. The van der Waals surface area contributed by atoms with E-state index in [1.165, 1.54) is 17.6 Å². The fourth-order valence-electron chi connectivity index (χ4n) is 2.56. The van der Waals surface area contributed by atoms with E-state index < -0.39 is 5.92 Å². The molecule has 110 valence electrons. The number of hydrogen-bond donors (Lipinski definition) is 0. The summed E-state index contributed by atoms with van der Waals surface area (Å²) in [5.41, 5.74) is 1.86. The number of rotatable bonds is 3. The van der Waals surface area contributed by atoms with Crippen molar-refractivity contribution in [2.24, 2.45) is 0 Å². The number of thiazole rings is 1. The van der Waals surface area contributed by atoms with Gasteiger partial charge in [0.2, 0.25) is 0 Å². The number of ketones is 1. The summed E-state index contributed by atoms with van der Waals surface area (Å²) in [6.07, 6.45) is 1.42. The Hall–Kier alpha value is -2.97. The first-order chi connectivity index (χ1) is 11.3. The average Bonchev–Trinajstić information content (AvgIpc) is 3.19. The van der Waals surface area contributed by atoms with Gasteiger partial charge in [0.1, 0.15) is 16.9 Å². The molecular formula is C18H10N2O2S. The van der Waals surface area contributed by atoms with Crippen LogP contribution in [0.2, 0.25) is 0 Å². The normalized spacial score (nSPS) is 12.3. The molecule has 5 heteroatoms. The lowest BCUT2D eigenvalue weighted by Gasteiger charge is -2.03. The van der Waals surface area contributed by atoms with Crippen molar-refractivity contribution < 1.29 is 9.21 Å². The molecular weight excluding hydrogens is 308 g/mol. The van der Waals surface area contributed by atoms with E-state index in [9.17, 15) is 10.1 Å². The number of aromatic nitrogens is 1. The van der Waals surface area contributed by atoms with Crippen molar-refractivity contribution in [1.29, 1.82) is 5.26 Å². The van der Waals surface area contributed by atoms with Gasteiger partial charge < -0.3 is 4.42 Å². The molecule has 2 heterocycles. The highest BCUT2D eigenvalue weighted by Crippen LogP contribution is 2.31. The largest absolute Gasteiger partial charge is 0.464 e. The van der Waals surface area contributed by atoms with Crippen LogP contribution in [0.5, 0.6) is 0 Å². The Kier molecular flexibility index (Phi) is 3.18. The second-order valence-electron chi connectivity index (χ2n) is 5.09. The summed E-state index contributed by atoms with van der Waals surface area (Å²) >= 11 is 1.38. The molecule has 0 aliphatic rings. The fraction of sp³-hybridized carbons (Fsp3) is 0.0556. The first-order valence-electron chi connectivity index (χ1n) is 7.03. The maximum atomic E-state index is 12.8. The fourth-order valence-corrected chi connectivity index (χ4v) is 3.58. The molecule has 0 amide bonds. The van der Waals surface area contributed by atoms with Crippen LogP contribution in [0, 0.1) is 11.3 Å². The van der Waals surface area contributed by atoms with Crippen molar-refractivity contribution in [3.05, 3.63) is 65.4 Å². The van der Waals surface area contributed by atoms with Gasteiger partial charge in [-0.05, 0) is 18.2 Å². The molecule has 0 unspecified atom stereocenters. The van der Waals surface area contributed by atoms with Gasteiger partial charge in [-0.3, -0.25) is 4.79 Å². The highest BCUT2D eigenvalue weighted by molar-refractivity contribution is 7.18. The zero-order valence-corrected chi connectivity index (χ0v) is 12.7. The summed E-state index contributed by atoms with van der Waals surface area (Å²) in [4.78, 5) is 17.3. The van der Waals surface area contributed by atoms with Gasteiger partial charge in [-0.15, -0.1) is 11.3 Å². The van der Waals surface area contributed by atoms with Gasteiger partial charge in [-0.1, -0.05) is 30.3 Å². The Bertz CT molecular complexity index is 1040. The Labute approximate surface area is 135 Å². The van der Waals surface area contributed by atoms with Gasteiger partial charge in [0.25, 0.3) is 0 Å². The minimum atomic E-state index is -0.923. The molecule has 0 bridgehead atoms. The molecule has 0 aliphatic carbocycles. The second kappa shape index (κ2) is 5.34. The molecule has 2 aromatic heterocycles. The van der Waals surface area contributed by atoms with E-state index in [0.717, 1.165) is 15.6 Å². The van der Waals surface area contributed by atoms with Crippen LogP contribution in [0.25, 0.3) is 21.2 Å². The van der Waals surface area contributed by atoms with E-state index in [0.29, 0.717) is 16.2 Å². The van der Waals surface area contributed by atoms with Gasteiger partial charge in [-0.25, -0.2) is 4.98 Å². The van der Waals surface area contributed by atoms with Crippen LogP contribution in [0.15, 0.2) is 59.2 Å². The van der Waals surface area contributed by atoms with Crippen molar-refractivity contribution in [2.75, 3.05) is 0 Å². The maximum absolute atomic E-state index is 12.8. The average molecular weight is 318 g/mol. The Morgan fingerprint density at radius 3 is 2.78 bits per heavy atom. The van der Waals surface area contributed by atoms with Crippen LogP contribution in [0.3, 0.4) is 0 Å². The maximum Gasteiger partial charge on any atom is 0.190 e. The van der Waals surface area contributed by atoms with Crippen LogP contribution < -0.4 is 0 Å². The molecule has 4 rings (SSSR count). The molecule has 0 saturated carbocycles. The molecule has 0 fully saturated rings. The summed E-state index contributed by atoms with van der Waals surface area (Å²) in [5, 5.41) is 10.7. The minimum Gasteiger partial charge on any atom is -0.464 e. The summed E-state index contributed by atoms with van der Waals surface area (Å²) in [6.45, 7) is 0. The van der Waals surface area contributed by atoms with Crippen LogP contribution in [0.1, 0.15) is 21.3 Å². The van der Waals surface area contributed by atoms with Crippen LogP contribution in [0.4, 0.5) is 0 Å². The molecule has 0 spiro atoms. The van der Waals surface area contributed by atoms with E-state index in [1.54, 1.807) is 6.07 Å². The number of nitrogens with zero attached hydrogens (tertiary/aromatic N) is 2. The second-order valence-corrected chi connectivity index (χ2v) is 6.15. The van der Waals surface area contributed by atoms with Gasteiger partial charge in [0.15, 0.2) is 11.7 Å².